The molecule has 0 bridgehead atoms. The predicted molar refractivity (Wildman–Crippen MR) is 73.2 cm³/mol. The molecule has 1 aliphatic heterocycles. The van der Waals surface area contributed by atoms with Gasteiger partial charge < -0.3 is 10.5 Å². The first-order valence-corrected chi connectivity index (χ1v) is 7.21. The van der Waals surface area contributed by atoms with E-state index in [2.05, 4.69) is 25.7 Å². The van der Waals surface area contributed by atoms with Gasteiger partial charge in [0.25, 0.3) is 0 Å². The van der Waals surface area contributed by atoms with E-state index in [0.717, 1.165) is 32.7 Å². The highest BCUT2D eigenvalue weighted by molar-refractivity contribution is 4.95. The minimum atomic E-state index is 0.0974. The molecule has 1 fully saturated rings. The van der Waals surface area contributed by atoms with Crippen molar-refractivity contribution in [1.82, 2.24) is 4.90 Å². The van der Waals surface area contributed by atoms with Gasteiger partial charge >= 0.3 is 0 Å². The Balaban J connectivity index is 2.64. The molecule has 0 amide bonds. The Morgan fingerprint density at radius 1 is 1.35 bits per heavy atom. The lowest BCUT2D eigenvalue weighted by atomic mass is 9.88. The monoisotopic (exact) mass is 242 g/mol. The van der Waals surface area contributed by atoms with Crippen LogP contribution in [0.3, 0.4) is 0 Å². The van der Waals surface area contributed by atoms with E-state index >= 15 is 0 Å². The van der Waals surface area contributed by atoms with Crippen molar-refractivity contribution in [3.8, 4) is 0 Å². The first kappa shape index (κ1) is 14.9. The summed E-state index contributed by atoms with van der Waals surface area (Å²) in [5.41, 5.74) is 6.16. The molecule has 0 aliphatic carbocycles. The number of ether oxygens (including phenoxy) is 1. The largest absolute Gasteiger partial charge is 0.379 e. The fourth-order valence-electron chi connectivity index (χ4n) is 2.92. The lowest BCUT2D eigenvalue weighted by Crippen LogP contribution is -2.61. The van der Waals surface area contributed by atoms with Gasteiger partial charge in [0, 0.05) is 19.2 Å². The van der Waals surface area contributed by atoms with Crippen LogP contribution in [0.25, 0.3) is 0 Å². The predicted octanol–water partition coefficient (Wildman–Crippen LogP) is 2.39. The van der Waals surface area contributed by atoms with Crippen molar-refractivity contribution >= 4 is 0 Å². The van der Waals surface area contributed by atoms with Gasteiger partial charge in [0.2, 0.25) is 0 Å². The molecule has 0 aromatic rings. The first-order chi connectivity index (χ1) is 8.16. The molecule has 102 valence electrons. The Kier molecular flexibility index (Phi) is 6.45. The average molecular weight is 242 g/mol. The molecule has 17 heavy (non-hydrogen) atoms. The maximum atomic E-state index is 6.06. The van der Waals surface area contributed by atoms with E-state index in [1.54, 1.807) is 0 Å². The van der Waals surface area contributed by atoms with Gasteiger partial charge in [0.05, 0.1) is 12.1 Å². The molecule has 1 heterocycles. The summed E-state index contributed by atoms with van der Waals surface area (Å²) in [7, 11) is 0. The number of hydrogen-bond acceptors (Lipinski definition) is 3. The minimum absolute atomic E-state index is 0.0974. The lowest BCUT2D eigenvalue weighted by molar-refractivity contribution is -0.0583. The van der Waals surface area contributed by atoms with Gasteiger partial charge in [-0.3, -0.25) is 4.90 Å². The second kappa shape index (κ2) is 7.34. The molecule has 3 nitrogen and oxygen atoms in total. The fraction of sp³-hybridized carbons (Fsp3) is 1.00. The Labute approximate surface area is 107 Å². The number of nitrogens with zero attached hydrogens (tertiary/aromatic N) is 1. The van der Waals surface area contributed by atoms with Crippen molar-refractivity contribution in [3.05, 3.63) is 0 Å². The Morgan fingerprint density at radius 3 is 2.59 bits per heavy atom. The molecule has 0 radical (unpaired) electrons. The number of hydrogen-bond donors (Lipinski definition) is 1. The number of unbranched alkanes of at least 4 members (excludes halogenated alkanes) is 2. The minimum Gasteiger partial charge on any atom is -0.379 e. The Morgan fingerprint density at radius 2 is 2.12 bits per heavy atom. The summed E-state index contributed by atoms with van der Waals surface area (Å²) in [4.78, 5) is 2.59. The fourth-order valence-corrected chi connectivity index (χ4v) is 2.92. The van der Waals surface area contributed by atoms with Gasteiger partial charge in [-0.1, -0.05) is 19.8 Å². The summed E-state index contributed by atoms with van der Waals surface area (Å²) in [5.74, 6) is 0. The zero-order chi connectivity index (χ0) is 12.7. The van der Waals surface area contributed by atoms with Gasteiger partial charge in [0.1, 0.15) is 0 Å². The van der Waals surface area contributed by atoms with Crippen molar-refractivity contribution in [3.63, 3.8) is 0 Å². The molecule has 3 heteroatoms. The van der Waals surface area contributed by atoms with Crippen molar-refractivity contribution in [1.29, 1.82) is 0 Å². The van der Waals surface area contributed by atoms with E-state index in [1.165, 1.54) is 25.7 Å². The van der Waals surface area contributed by atoms with Crippen molar-refractivity contribution in [2.45, 2.75) is 64.5 Å². The van der Waals surface area contributed by atoms with E-state index in [-0.39, 0.29) is 5.54 Å². The van der Waals surface area contributed by atoms with Crippen molar-refractivity contribution < 1.29 is 4.74 Å². The Hall–Kier alpha value is -0.120. The summed E-state index contributed by atoms with van der Waals surface area (Å²) in [6, 6.07) is 0.553. The molecule has 1 saturated heterocycles. The van der Waals surface area contributed by atoms with Gasteiger partial charge in [-0.2, -0.15) is 0 Å². The summed E-state index contributed by atoms with van der Waals surface area (Å²) in [6.07, 6.45) is 6.20. The number of rotatable bonds is 7. The van der Waals surface area contributed by atoms with Gasteiger partial charge in [-0.25, -0.2) is 0 Å². The summed E-state index contributed by atoms with van der Waals surface area (Å²) in [5, 5.41) is 0. The zero-order valence-electron chi connectivity index (χ0n) is 11.9. The molecular formula is C14H30N2O. The molecular weight excluding hydrogens is 212 g/mol. The SMILES string of the molecule is CCCCCN(C(C)C)C1(CN)CCCOC1. The van der Waals surface area contributed by atoms with Crippen molar-refractivity contribution in [2.24, 2.45) is 5.73 Å². The van der Waals surface area contributed by atoms with Gasteiger partial charge in [0.15, 0.2) is 0 Å². The van der Waals surface area contributed by atoms with Crippen LogP contribution in [0.4, 0.5) is 0 Å². The quantitative estimate of drug-likeness (QED) is 0.697. The normalized spacial score (nSPS) is 25.8. The maximum Gasteiger partial charge on any atom is 0.0662 e. The smallest absolute Gasteiger partial charge is 0.0662 e. The van der Waals surface area contributed by atoms with Crippen molar-refractivity contribution in [2.75, 3.05) is 26.3 Å². The summed E-state index contributed by atoms with van der Waals surface area (Å²) < 4.78 is 5.69. The van der Waals surface area contributed by atoms with E-state index in [9.17, 15) is 0 Å². The third kappa shape index (κ3) is 3.94. The molecule has 1 aliphatic rings. The third-order valence-electron chi connectivity index (χ3n) is 3.92. The second-order valence-corrected chi connectivity index (χ2v) is 5.58. The van der Waals surface area contributed by atoms with Gasteiger partial charge in [-0.05, 0) is 39.7 Å². The molecule has 1 rings (SSSR count). The molecule has 1 unspecified atom stereocenters. The molecule has 1 atom stereocenters. The highest BCUT2D eigenvalue weighted by atomic mass is 16.5. The van der Waals surface area contributed by atoms with Crippen LogP contribution in [0.2, 0.25) is 0 Å². The van der Waals surface area contributed by atoms with Crippen LogP contribution in [0.1, 0.15) is 52.9 Å². The van der Waals surface area contributed by atoms with Gasteiger partial charge in [-0.15, -0.1) is 0 Å². The lowest BCUT2D eigenvalue weighted by Gasteiger charge is -2.47. The van der Waals surface area contributed by atoms with Crippen LogP contribution in [0.5, 0.6) is 0 Å². The summed E-state index contributed by atoms with van der Waals surface area (Å²) in [6.45, 7) is 10.4. The van der Waals surface area contributed by atoms with Crippen LogP contribution in [0, 0.1) is 0 Å². The maximum absolute atomic E-state index is 6.06. The topological polar surface area (TPSA) is 38.5 Å². The van der Waals surface area contributed by atoms with Crippen LogP contribution in [-0.4, -0.2) is 42.8 Å². The Bertz CT molecular complexity index is 200. The highest BCUT2D eigenvalue weighted by Gasteiger charge is 2.38. The zero-order valence-corrected chi connectivity index (χ0v) is 11.9. The van der Waals surface area contributed by atoms with E-state index < -0.39 is 0 Å². The molecule has 2 N–H and O–H groups in total. The van der Waals surface area contributed by atoms with Crippen LogP contribution in [-0.2, 0) is 4.74 Å². The van der Waals surface area contributed by atoms with E-state index in [1.807, 2.05) is 0 Å². The first-order valence-electron chi connectivity index (χ1n) is 7.21. The molecule has 0 aromatic carbocycles. The van der Waals surface area contributed by atoms with Crippen LogP contribution < -0.4 is 5.73 Å². The van der Waals surface area contributed by atoms with E-state index in [0.29, 0.717) is 6.04 Å². The highest BCUT2D eigenvalue weighted by Crippen LogP contribution is 2.27. The molecule has 0 aromatic heterocycles. The third-order valence-corrected chi connectivity index (χ3v) is 3.92. The molecule has 0 spiro atoms. The number of nitrogens with two attached hydrogens (primary N) is 1. The van der Waals surface area contributed by atoms with E-state index in [4.69, 9.17) is 10.5 Å². The standard InChI is InChI=1S/C14H30N2O/c1-4-5-6-9-16(13(2)3)14(11-15)8-7-10-17-12-14/h13H,4-12,15H2,1-3H3. The van der Waals surface area contributed by atoms with Crippen LogP contribution in [0.15, 0.2) is 0 Å². The average Bonchev–Trinajstić information content (AvgIpc) is 2.35. The second-order valence-electron chi connectivity index (χ2n) is 5.58. The van der Waals surface area contributed by atoms with Crippen LogP contribution >= 0.6 is 0 Å². The molecule has 0 saturated carbocycles. The summed E-state index contributed by atoms with van der Waals surface area (Å²) >= 11 is 0.